The van der Waals surface area contributed by atoms with Crippen LogP contribution in [0, 0.1) is 6.92 Å². The van der Waals surface area contributed by atoms with Crippen molar-refractivity contribution in [2.75, 3.05) is 20.2 Å². The van der Waals surface area contributed by atoms with E-state index in [1.165, 1.54) is 0 Å². The second kappa shape index (κ2) is 8.13. The summed E-state index contributed by atoms with van der Waals surface area (Å²) in [4.78, 5) is 19.6. The number of hydrogen-bond donors (Lipinski definition) is 0. The highest BCUT2D eigenvalue weighted by Crippen LogP contribution is 2.42. The van der Waals surface area contributed by atoms with Gasteiger partial charge in [0, 0.05) is 18.7 Å². The second-order valence-electron chi connectivity index (χ2n) is 8.70. The Kier molecular flexibility index (Phi) is 5.29. The Morgan fingerprint density at radius 3 is 2.59 bits per heavy atom. The van der Waals surface area contributed by atoms with Crippen molar-refractivity contribution in [3.63, 3.8) is 0 Å². The molecule has 1 fully saturated rings. The number of rotatable bonds is 4. The average Bonchev–Trinajstić information content (AvgIpc) is 3.44. The number of piperidine rings is 1. The molecule has 0 bridgehead atoms. The highest BCUT2D eigenvalue weighted by atomic mass is 16.5. The summed E-state index contributed by atoms with van der Waals surface area (Å²) in [5.41, 5.74) is 2.56. The number of imidazole rings is 1. The first-order chi connectivity index (χ1) is 15.5. The van der Waals surface area contributed by atoms with Crippen molar-refractivity contribution in [1.82, 2.24) is 14.5 Å². The van der Waals surface area contributed by atoms with Crippen LogP contribution in [0.1, 0.15) is 54.2 Å². The van der Waals surface area contributed by atoms with E-state index in [0.717, 1.165) is 48.6 Å². The number of likely N-dealkylation sites (tertiary alicyclic amines) is 1. The van der Waals surface area contributed by atoms with Gasteiger partial charge >= 0.3 is 0 Å². The standard InChI is InChI=1S/C25H29N3O4/c1-4-22-23-26-15-21(18-5-7-19(30-3)8-6-18)28(23)16-25(32-22)10-12-27(13-11-25)24(29)20-9-14-31-17(20)2/h5-9,14-15,22H,4,10-13,16H2,1-3H3/t22-/m1/s1. The van der Waals surface area contributed by atoms with Crippen molar-refractivity contribution in [2.45, 2.75) is 51.4 Å². The molecule has 1 spiro atoms. The monoisotopic (exact) mass is 435 g/mol. The summed E-state index contributed by atoms with van der Waals surface area (Å²) in [5, 5.41) is 0. The fraction of sp³-hybridized carbons (Fsp3) is 0.440. The number of aryl methyl sites for hydroxylation is 1. The van der Waals surface area contributed by atoms with Crippen LogP contribution in [0.25, 0.3) is 11.3 Å². The first kappa shape index (κ1) is 20.8. The predicted molar refractivity (Wildman–Crippen MR) is 120 cm³/mol. The minimum atomic E-state index is -0.294. The molecule has 2 aromatic heterocycles. The number of fused-ring (bicyclic) bond motifs is 1. The maximum atomic E-state index is 12.9. The Bertz CT molecular complexity index is 1110. The van der Waals surface area contributed by atoms with Crippen LogP contribution >= 0.6 is 0 Å². The molecule has 0 saturated carbocycles. The molecule has 0 aliphatic carbocycles. The summed E-state index contributed by atoms with van der Waals surface area (Å²) in [6.45, 7) is 6.04. The molecular weight excluding hydrogens is 406 g/mol. The van der Waals surface area contributed by atoms with Gasteiger partial charge in [-0.3, -0.25) is 4.79 Å². The lowest BCUT2D eigenvalue weighted by molar-refractivity contribution is -0.152. The van der Waals surface area contributed by atoms with Gasteiger partial charge in [0.15, 0.2) is 0 Å². The van der Waals surface area contributed by atoms with Crippen molar-refractivity contribution in [3.8, 4) is 17.0 Å². The normalized spacial score (nSPS) is 19.7. The zero-order chi connectivity index (χ0) is 22.3. The Morgan fingerprint density at radius 2 is 1.97 bits per heavy atom. The molecule has 3 aromatic rings. The molecule has 168 valence electrons. The largest absolute Gasteiger partial charge is 0.497 e. The van der Waals surface area contributed by atoms with Crippen LogP contribution in [0.3, 0.4) is 0 Å². The van der Waals surface area contributed by atoms with E-state index in [0.29, 0.717) is 24.4 Å². The molecule has 0 N–H and O–H groups in total. The van der Waals surface area contributed by atoms with Gasteiger partial charge in [0.05, 0.1) is 43.0 Å². The number of benzene rings is 1. The molecule has 2 aliphatic heterocycles. The molecule has 7 heteroatoms. The first-order valence-corrected chi connectivity index (χ1v) is 11.2. The van der Waals surface area contributed by atoms with Crippen molar-refractivity contribution >= 4 is 5.91 Å². The van der Waals surface area contributed by atoms with Crippen LogP contribution in [-0.2, 0) is 11.3 Å². The Morgan fingerprint density at radius 1 is 1.22 bits per heavy atom. The number of hydrogen-bond acceptors (Lipinski definition) is 5. The van der Waals surface area contributed by atoms with Gasteiger partial charge in [0.2, 0.25) is 0 Å². The van der Waals surface area contributed by atoms with Crippen LogP contribution in [0.4, 0.5) is 0 Å². The van der Waals surface area contributed by atoms with E-state index < -0.39 is 0 Å². The summed E-state index contributed by atoms with van der Waals surface area (Å²) in [6, 6.07) is 9.85. The number of nitrogens with zero attached hydrogens (tertiary/aromatic N) is 3. The average molecular weight is 436 g/mol. The summed E-state index contributed by atoms with van der Waals surface area (Å²) >= 11 is 0. The van der Waals surface area contributed by atoms with Gasteiger partial charge in [-0.05, 0) is 56.5 Å². The van der Waals surface area contributed by atoms with E-state index in [1.54, 1.807) is 19.4 Å². The molecule has 1 atom stereocenters. The molecule has 4 heterocycles. The van der Waals surface area contributed by atoms with Crippen molar-refractivity contribution < 1.29 is 18.7 Å². The van der Waals surface area contributed by atoms with Gasteiger partial charge in [-0.2, -0.15) is 0 Å². The van der Waals surface area contributed by atoms with Crippen LogP contribution in [0.5, 0.6) is 5.75 Å². The lowest BCUT2D eigenvalue weighted by Crippen LogP contribution is -2.52. The minimum absolute atomic E-state index is 0.0381. The molecule has 1 saturated heterocycles. The van der Waals surface area contributed by atoms with Gasteiger partial charge in [-0.25, -0.2) is 4.98 Å². The predicted octanol–water partition coefficient (Wildman–Crippen LogP) is 4.62. The minimum Gasteiger partial charge on any atom is -0.497 e. The summed E-state index contributed by atoms with van der Waals surface area (Å²) in [7, 11) is 1.67. The first-order valence-electron chi connectivity index (χ1n) is 11.2. The maximum Gasteiger partial charge on any atom is 0.257 e. The molecule has 0 unspecified atom stereocenters. The SMILES string of the molecule is CC[C@H]1OC2(CCN(C(=O)c3ccoc3C)CC2)Cn2c(-c3ccc(OC)cc3)cnc21. The number of amides is 1. The van der Waals surface area contributed by atoms with Gasteiger partial charge in [-0.15, -0.1) is 0 Å². The van der Waals surface area contributed by atoms with Crippen molar-refractivity contribution in [3.05, 3.63) is 59.9 Å². The van der Waals surface area contributed by atoms with Crippen LogP contribution in [0.15, 0.2) is 47.2 Å². The number of carbonyl (C=O) groups excluding carboxylic acids is 1. The lowest BCUT2D eigenvalue weighted by Gasteiger charge is -2.46. The van der Waals surface area contributed by atoms with Gasteiger partial charge < -0.3 is 23.4 Å². The third-order valence-corrected chi connectivity index (χ3v) is 6.82. The topological polar surface area (TPSA) is 69.7 Å². The van der Waals surface area contributed by atoms with Gasteiger partial charge in [0.25, 0.3) is 5.91 Å². The van der Waals surface area contributed by atoms with Crippen molar-refractivity contribution in [1.29, 1.82) is 0 Å². The van der Waals surface area contributed by atoms with E-state index in [4.69, 9.17) is 18.9 Å². The van der Waals surface area contributed by atoms with E-state index in [-0.39, 0.29) is 17.6 Å². The Hall–Kier alpha value is -3.06. The number of aromatic nitrogens is 2. The quantitative estimate of drug-likeness (QED) is 0.598. The van der Waals surface area contributed by atoms with E-state index >= 15 is 0 Å². The molecule has 2 aliphatic rings. The fourth-order valence-corrected chi connectivity index (χ4v) is 4.92. The van der Waals surface area contributed by atoms with Gasteiger partial charge in [0.1, 0.15) is 23.4 Å². The van der Waals surface area contributed by atoms with Crippen molar-refractivity contribution in [2.24, 2.45) is 0 Å². The zero-order valence-electron chi connectivity index (χ0n) is 18.8. The molecule has 7 nitrogen and oxygen atoms in total. The Labute approximate surface area is 187 Å². The summed E-state index contributed by atoms with van der Waals surface area (Å²) in [5.74, 6) is 2.53. The lowest BCUT2D eigenvalue weighted by atomic mass is 9.88. The van der Waals surface area contributed by atoms with E-state index in [2.05, 4.69) is 23.6 Å². The number of carbonyl (C=O) groups is 1. The Balaban J connectivity index is 1.39. The molecular formula is C25H29N3O4. The molecule has 1 amide bonds. The summed E-state index contributed by atoms with van der Waals surface area (Å²) in [6.07, 6.45) is 5.93. The zero-order valence-corrected chi connectivity index (χ0v) is 18.8. The maximum absolute atomic E-state index is 12.9. The van der Waals surface area contributed by atoms with Gasteiger partial charge in [-0.1, -0.05) is 6.92 Å². The third kappa shape index (κ3) is 3.50. The third-order valence-electron chi connectivity index (χ3n) is 6.82. The smallest absolute Gasteiger partial charge is 0.257 e. The van der Waals surface area contributed by atoms with Crippen LogP contribution in [-0.4, -0.2) is 46.2 Å². The highest BCUT2D eigenvalue weighted by Gasteiger charge is 2.44. The number of methoxy groups -OCH3 is 1. The number of furan rings is 1. The summed E-state index contributed by atoms with van der Waals surface area (Å²) < 4.78 is 19.6. The molecule has 0 radical (unpaired) electrons. The van der Waals surface area contributed by atoms with Crippen LogP contribution < -0.4 is 4.74 Å². The van der Waals surface area contributed by atoms with E-state index in [9.17, 15) is 4.79 Å². The van der Waals surface area contributed by atoms with Crippen LogP contribution in [0.2, 0.25) is 0 Å². The number of ether oxygens (including phenoxy) is 2. The molecule has 32 heavy (non-hydrogen) atoms. The second-order valence-corrected chi connectivity index (χ2v) is 8.70. The molecule has 1 aromatic carbocycles. The fourth-order valence-electron chi connectivity index (χ4n) is 4.92. The highest BCUT2D eigenvalue weighted by molar-refractivity contribution is 5.95. The van der Waals surface area contributed by atoms with E-state index in [1.807, 2.05) is 30.2 Å². The molecule has 5 rings (SSSR count).